The predicted molar refractivity (Wildman–Crippen MR) is 64.6 cm³/mol. The average molecular weight is 230 g/mol. The van der Waals surface area contributed by atoms with Crippen LogP contribution < -0.4 is 0 Å². The molecule has 0 aliphatic carbocycles. The normalized spacial score (nSPS) is 10.2. The summed E-state index contributed by atoms with van der Waals surface area (Å²) in [6, 6.07) is 11.7. The van der Waals surface area contributed by atoms with Gasteiger partial charge in [0.1, 0.15) is 11.5 Å². The summed E-state index contributed by atoms with van der Waals surface area (Å²) in [5.74, 6) is 1.28. The summed E-state index contributed by atoms with van der Waals surface area (Å²) in [6.45, 7) is 1.85. The highest BCUT2D eigenvalue weighted by Gasteiger charge is 2.12. The number of ether oxygens (including phenoxy) is 1. The Kier molecular flexibility index (Phi) is 3.28. The highest BCUT2D eigenvalue weighted by Crippen LogP contribution is 2.25. The van der Waals surface area contributed by atoms with Gasteiger partial charge in [-0.25, -0.2) is 0 Å². The lowest BCUT2D eigenvalue weighted by Crippen LogP contribution is -2.04. The molecule has 0 atom stereocenters. The number of esters is 1. The number of rotatable bonds is 3. The smallest absolute Gasteiger partial charge is 0.310 e. The first kappa shape index (κ1) is 11.5. The second-order valence-corrected chi connectivity index (χ2v) is 3.81. The van der Waals surface area contributed by atoms with Gasteiger partial charge in [0.05, 0.1) is 13.5 Å². The van der Waals surface area contributed by atoms with Crippen LogP contribution in [0, 0.1) is 6.92 Å². The molecule has 3 nitrogen and oxygen atoms in total. The van der Waals surface area contributed by atoms with Gasteiger partial charge < -0.3 is 9.15 Å². The standard InChI is InChI=1S/C14H14O3/c1-10-12(9-14(15)16-2)8-13(17-10)11-6-4-3-5-7-11/h3-8H,9H2,1-2H3. The summed E-state index contributed by atoms with van der Waals surface area (Å²) in [7, 11) is 1.38. The van der Waals surface area contributed by atoms with Gasteiger partial charge in [-0.3, -0.25) is 4.79 Å². The van der Waals surface area contributed by atoms with E-state index in [-0.39, 0.29) is 12.4 Å². The molecular weight excluding hydrogens is 216 g/mol. The van der Waals surface area contributed by atoms with Crippen molar-refractivity contribution in [3.8, 4) is 11.3 Å². The Morgan fingerprint density at radius 3 is 2.65 bits per heavy atom. The average Bonchev–Trinajstić information content (AvgIpc) is 2.72. The van der Waals surface area contributed by atoms with Crippen LogP contribution in [0.2, 0.25) is 0 Å². The van der Waals surface area contributed by atoms with Crippen molar-refractivity contribution < 1.29 is 13.9 Å². The van der Waals surface area contributed by atoms with Crippen LogP contribution in [0.15, 0.2) is 40.8 Å². The van der Waals surface area contributed by atoms with Crippen molar-refractivity contribution in [2.75, 3.05) is 7.11 Å². The molecule has 0 saturated carbocycles. The monoisotopic (exact) mass is 230 g/mol. The van der Waals surface area contributed by atoms with Gasteiger partial charge in [0.2, 0.25) is 0 Å². The number of hydrogen-bond acceptors (Lipinski definition) is 3. The van der Waals surface area contributed by atoms with E-state index in [2.05, 4.69) is 4.74 Å². The van der Waals surface area contributed by atoms with E-state index in [1.807, 2.05) is 43.3 Å². The molecule has 0 unspecified atom stereocenters. The van der Waals surface area contributed by atoms with E-state index in [9.17, 15) is 4.79 Å². The first-order valence-corrected chi connectivity index (χ1v) is 5.42. The lowest BCUT2D eigenvalue weighted by molar-refractivity contribution is -0.139. The molecule has 3 heteroatoms. The van der Waals surface area contributed by atoms with Gasteiger partial charge in [0, 0.05) is 11.1 Å². The predicted octanol–water partition coefficient (Wildman–Crippen LogP) is 2.97. The zero-order valence-electron chi connectivity index (χ0n) is 9.90. The lowest BCUT2D eigenvalue weighted by atomic mass is 10.1. The van der Waals surface area contributed by atoms with Crippen LogP contribution in [0.25, 0.3) is 11.3 Å². The third kappa shape index (κ3) is 2.56. The Bertz CT molecular complexity index is 512. The SMILES string of the molecule is COC(=O)Cc1cc(-c2ccccc2)oc1C. The molecule has 17 heavy (non-hydrogen) atoms. The zero-order chi connectivity index (χ0) is 12.3. The van der Waals surface area contributed by atoms with Crippen LogP contribution in [0.5, 0.6) is 0 Å². The van der Waals surface area contributed by atoms with E-state index in [1.165, 1.54) is 7.11 Å². The van der Waals surface area contributed by atoms with Crippen molar-refractivity contribution in [3.63, 3.8) is 0 Å². The summed E-state index contributed by atoms with van der Waals surface area (Å²) < 4.78 is 10.3. The van der Waals surface area contributed by atoms with Crippen LogP contribution in [-0.2, 0) is 16.0 Å². The van der Waals surface area contributed by atoms with Crippen molar-refractivity contribution in [2.24, 2.45) is 0 Å². The molecule has 1 heterocycles. The molecule has 0 N–H and O–H groups in total. The van der Waals surface area contributed by atoms with Gasteiger partial charge in [0.15, 0.2) is 0 Å². The van der Waals surface area contributed by atoms with Crippen molar-refractivity contribution in [3.05, 3.63) is 47.7 Å². The number of benzene rings is 1. The molecule has 0 amide bonds. The fourth-order valence-corrected chi connectivity index (χ4v) is 1.67. The van der Waals surface area contributed by atoms with Gasteiger partial charge >= 0.3 is 5.97 Å². The van der Waals surface area contributed by atoms with E-state index in [4.69, 9.17) is 4.42 Å². The van der Waals surface area contributed by atoms with Crippen LogP contribution >= 0.6 is 0 Å². The van der Waals surface area contributed by atoms with Crippen LogP contribution in [0.3, 0.4) is 0 Å². The molecule has 0 aliphatic rings. The minimum atomic E-state index is -0.256. The van der Waals surface area contributed by atoms with Crippen LogP contribution in [0.4, 0.5) is 0 Å². The van der Waals surface area contributed by atoms with Gasteiger partial charge in [-0.2, -0.15) is 0 Å². The zero-order valence-corrected chi connectivity index (χ0v) is 9.90. The highest BCUT2D eigenvalue weighted by molar-refractivity contribution is 5.73. The fraction of sp³-hybridized carbons (Fsp3) is 0.214. The molecular formula is C14H14O3. The number of carbonyl (C=O) groups is 1. The summed E-state index contributed by atoms with van der Waals surface area (Å²) in [6.07, 6.45) is 0.249. The summed E-state index contributed by atoms with van der Waals surface area (Å²) >= 11 is 0. The van der Waals surface area contributed by atoms with Crippen molar-refractivity contribution in [1.29, 1.82) is 0 Å². The molecule has 0 spiro atoms. The maximum Gasteiger partial charge on any atom is 0.310 e. The Hall–Kier alpha value is -2.03. The topological polar surface area (TPSA) is 39.4 Å². The van der Waals surface area contributed by atoms with Gasteiger partial charge in [-0.05, 0) is 13.0 Å². The third-order valence-corrected chi connectivity index (χ3v) is 2.64. The second-order valence-electron chi connectivity index (χ2n) is 3.81. The minimum Gasteiger partial charge on any atom is -0.469 e. The maximum atomic E-state index is 11.2. The quantitative estimate of drug-likeness (QED) is 0.761. The Morgan fingerprint density at radius 1 is 1.29 bits per heavy atom. The third-order valence-electron chi connectivity index (χ3n) is 2.64. The van der Waals surface area contributed by atoms with Gasteiger partial charge in [-0.15, -0.1) is 0 Å². The molecule has 0 fully saturated rings. The molecule has 0 saturated heterocycles. The van der Waals surface area contributed by atoms with Gasteiger partial charge in [-0.1, -0.05) is 30.3 Å². The van der Waals surface area contributed by atoms with Crippen LogP contribution in [0.1, 0.15) is 11.3 Å². The Balaban J connectivity index is 2.28. The first-order valence-electron chi connectivity index (χ1n) is 5.42. The van der Waals surface area contributed by atoms with E-state index in [0.29, 0.717) is 0 Å². The number of aryl methyl sites for hydroxylation is 1. The summed E-state index contributed by atoms with van der Waals surface area (Å²) in [4.78, 5) is 11.2. The van der Waals surface area contributed by atoms with Crippen molar-refractivity contribution in [2.45, 2.75) is 13.3 Å². The summed E-state index contributed by atoms with van der Waals surface area (Å²) in [5, 5.41) is 0. The molecule has 1 aromatic heterocycles. The number of methoxy groups -OCH3 is 1. The molecule has 88 valence electrons. The highest BCUT2D eigenvalue weighted by atomic mass is 16.5. The van der Waals surface area contributed by atoms with Crippen molar-refractivity contribution >= 4 is 5.97 Å². The molecule has 0 bridgehead atoms. The fourth-order valence-electron chi connectivity index (χ4n) is 1.67. The van der Waals surface area contributed by atoms with Crippen molar-refractivity contribution in [1.82, 2.24) is 0 Å². The van der Waals surface area contributed by atoms with E-state index in [0.717, 1.165) is 22.6 Å². The molecule has 0 radical (unpaired) electrons. The Labute approximate surface area is 100 Å². The van der Waals surface area contributed by atoms with E-state index >= 15 is 0 Å². The molecule has 2 rings (SSSR count). The number of furan rings is 1. The number of carbonyl (C=O) groups excluding carboxylic acids is 1. The lowest BCUT2D eigenvalue weighted by Gasteiger charge is -1.95. The second kappa shape index (κ2) is 4.87. The van der Waals surface area contributed by atoms with E-state index in [1.54, 1.807) is 0 Å². The first-order chi connectivity index (χ1) is 8.20. The molecule has 2 aromatic rings. The largest absolute Gasteiger partial charge is 0.469 e. The molecule has 0 aliphatic heterocycles. The minimum absolute atomic E-state index is 0.249. The Morgan fingerprint density at radius 2 is 2.00 bits per heavy atom. The maximum absolute atomic E-state index is 11.2. The summed E-state index contributed by atoms with van der Waals surface area (Å²) in [5.41, 5.74) is 1.88. The molecule has 1 aromatic carbocycles. The van der Waals surface area contributed by atoms with Crippen LogP contribution in [-0.4, -0.2) is 13.1 Å². The van der Waals surface area contributed by atoms with E-state index < -0.39 is 0 Å². The van der Waals surface area contributed by atoms with Gasteiger partial charge in [0.25, 0.3) is 0 Å². The number of hydrogen-bond donors (Lipinski definition) is 0.